The summed E-state index contributed by atoms with van der Waals surface area (Å²) in [5.74, 6) is -3.34. The lowest BCUT2D eigenvalue weighted by molar-refractivity contribution is -0.142. The van der Waals surface area contributed by atoms with Crippen molar-refractivity contribution in [2.75, 3.05) is 13.2 Å². The van der Waals surface area contributed by atoms with E-state index in [1.807, 2.05) is 35.6 Å². The van der Waals surface area contributed by atoms with Crippen molar-refractivity contribution in [3.63, 3.8) is 0 Å². The van der Waals surface area contributed by atoms with Gasteiger partial charge in [-0.2, -0.15) is 0 Å². The minimum Gasteiger partial charge on any atom is -0.480 e. The summed E-state index contributed by atoms with van der Waals surface area (Å²) in [6.45, 7) is 0.147. The third-order valence-corrected chi connectivity index (χ3v) is 3.63. The minimum atomic E-state index is -1.46. The quantitative estimate of drug-likeness (QED) is 0.266. The van der Waals surface area contributed by atoms with Crippen molar-refractivity contribution in [3.05, 3.63) is 35.9 Å². The highest BCUT2D eigenvalue weighted by atomic mass is 16.4. The molecule has 0 radical (unpaired) electrons. The topological polar surface area (TPSA) is 171 Å². The van der Waals surface area contributed by atoms with Crippen LogP contribution in [0.5, 0.6) is 0 Å². The van der Waals surface area contributed by atoms with Crippen LogP contribution in [0, 0.1) is 0 Å². The first-order chi connectivity index (χ1) is 12.7. The minimum absolute atomic E-state index is 0.307. The number of rotatable bonds is 10. The summed E-state index contributed by atoms with van der Waals surface area (Å²) in [6, 6.07) is 5.92. The van der Waals surface area contributed by atoms with Gasteiger partial charge in [0.25, 0.3) is 0 Å². The van der Waals surface area contributed by atoms with E-state index in [0.29, 0.717) is 6.42 Å². The summed E-state index contributed by atoms with van der Waals surface area (Å²) in [5, 5.41) is 24.3. The molecule has 0 saturated carbocycles. The molecule has 3 unspecified atom stereocenters. The average molecular weight is 380 g/mol. The molecule has 3 atom stereocenters. The Bertz CT molecular complexity index is 667. The predicted molar refractivity (Wildman–Crippen MR) is 95.4 cm³/mol. The van der Waals surface area contributed by atoms with Crippen LogP contribution in [0.2, 0.25) is 0 Å². The summed E-state index contributed by atoms with van der Waals surface area (Å²) in [7, 11) is 0. The molecule has 10 heteroatoms. The number of aliphatic carboxylic acids is 1. The van der Waals surface area contributed by atoms with Gasteiger partial charge in [-0.3, -0.25) is 14.4 Å². The van der Waals surface area contributed by atoms with E-state index in [1.165, 1.54) is 6.92 Å². The summed E-state index contributed by atoms with van der Waals surface area (Å²) >= 11 is 0. The van der Waals surface area contributed by atoms with Gasteiger partial charge < -0.3 is 31.9 Å². The maximum atomic E-state index is 12.1. The van der Waals surface area contributed by atoms with Crippen LogP contribution < -0.4 is 21.7 Å². The Labute approximate surface area is 156 Å². The zero-order valence-electron chi connectivity index (χ0n) is 14.8. The fourth-order valence-corrected chi connectivity index (χ4v) is 2.10. The number of nitrogens with one attached hydrogen (secondary N) is 3. The molecule has 0 aliphatic heterocycles. The van der Waals surface area contributed by atoms with Gasteiger partial charge in [0, 0.05) is 0 Å². The monoisotopic (exact) mass is 380 g/mol. The van der Waals surface area contributed by atoms with Gasteiger partial charge in [-0.25, -0.2) is 4.79 Å². The Hall–Kier alpha value is -2.98. The van der Waals surface area contributed by atoms with Crippen LogP contribution in [-0.2, 0) is 25.6 Å². The zero-order chi connectivity index (χ0) is 20.4. The third kappa shape index (κ3) is 7.84. The molecule has 1 aromatic carbocycles. The predicted octanol–water partition coefficient (Wildman–Crippen LogP) is -2.26. The fraction of sp³-hybridized carbons (Fsp3) is 0.412. The molecule has 148 valence electrons. The zero-order valence-corrected chi connectivity index (χ0v) is 14.8. The van der Waals surface area contributed by atoms with Crippen molar-refractivity contribution in [1.29, 1.82) is 0 Å². The van der Waals surface area contributed by atoms with Gasteiger partial charge in [0.1, 0.15) is 12.1 Å². The highest BCUT2D eigenvalue weighted by Gasteiger charge is 2.22. The van der Waals surface area contributed by atoms with Gasteiger partial charge in [0.2, 0.25) is 17.7 Å². The molecular weight excluding hydrogens is 356 g/mol. The van der Waals surface area contributed by atoms with Crippen molar-refractivity contribution in [2.45, 2.75) is 31.5 Å². The molecular formula is C17H24N4O6. The molecule has 0 saturated heterocycles. The number of aliphatic hydroxyl groups is 1. The number of aliphatic hydroxyl groups excluding tert-OH is 1. The number of carbonyl (C=O) groups is 4. The molecule has 0 bridgehead atoms. The number of benzene rings is 1. The Morgan fingerprint density at radius 3 is 2.26 bits per heavy atom. The number of hydrogen-bond donors (Lipinski definition) is 6. The molecule has 0 heterocycles. The summed E-state index contributed by atoms with van der Waals surface area (Å²) in [5.41, 5.74) is 6.71. The first-order valence-electron chi connectivity index (χ1n) is 8.25. The molecule has 0 aliphatic rings. The number of carboxylic acid groups (broad SMARTS) is 1. The van der Waals surface area contributed by atoms with Gasteiger partial charge in [-0.15, -0.1) is 0 Å². The molecule has 0 fully saturated rings. The molecule has 0 aromatic heterocycles. The van der Waals surface area contributed by atoms with Gasteiger partial charge in [-0.1, -0.05) is 30.3 Å². The largest absolute Gasteiger partial charge is 0.480 e. The first-order valence-corrected chi connectivity index (χ1v) is 8.25. The van der Waals surface area contributed by atoms with E-state index < -0.39 is 55.0 Å². The Morgan fingerprint density at radius 1 is 1.07 bits per heavy atom. The van der Waals surface area contributed by atoms with Crippen molar-refractivity contribution in [2.24, 2.45) is 5.73 Å². The van der Waals surface area contributed by atoms with Crippen LogP contribution in [0.4, 0.5) is 0 Å². The van der Waals surface area contributed by atoms with E-state index in [4.69, 9.17) is 15.9 Å². The van der Waals surface area contributed by atoms with Crippen molar-refractivity contribution in [1.82, 2.24) is 16.0 Å². The van der Waals surface area contributed by atoms with E-state index >= 15 is 0 Å². The summed E-state index contributed by atoms with van der Waals surface area (Å²) in [4.78, 5) is 46.3. The van der Waals surface area contributed by atoms with Crippen molar-refractivity contribution in [3.8, 4) is 0 Å². The smallest absolute Gasteiger partial charge is 0.328 e. The normalized spacial score (nSPS) is 13.7. The van der Waals surface area contributed by atoms with E-state index in [1.54, 1.807) is 0 Å². The lowest BCUT2D eigenvalue weighted by atomic mass is 10.1. The lowest BCUT2D eigenvalue weighted by Crippen LogP contribution is -2.53. The number of carboxylic acids is 1. The number of amides is 3. The number of nitrogens with two attached hydrogens (primary N) is 1. The van der Waals surface area contributed by atoms with Crippen LogP contribution in [0.1, 0.15) is 12.5 Å². The summed E-state index contributed by atoms with van der Waals surface area (Å²) in [6.07, 6.45) is 0.307. The third-order valence-electron chi connectivity index (χ3n) is 3.63. The standard InChI is InChI=1S/C17H24N4O6/c1-10(15(24)19-8-14(23)21-13(9-22)17(26)27)20-16(25)12(18)7-11-5-3-2-4-6-11/h2-6,10,12-13,22H,7-9,18H2,1H3,(H,19,24)(H,20,25)(H,21,23)(H,26,27). The molecule has 27 heavy (non-hydrogen) atoms. The molecule has 1 rings (SSSR count). The molecule has 3 amide bonds. The van der Waals surface area contributed by atoms with Crippen LogP contribution in [0.3, 0.4) is 0 Å². The maximum absolute atomic E-state index is 12.1. The Balaban J connectivity index is 2.41. The van der Waals surface area contributed by atoms with Crippen LogP contribution in [-0.4, -0.2) is 65.2 Å². The van der Waals surface area contributed by atoms with Crippen LogP contribution >= 0.6 is 0 Å². The highest BCUT2D eigenvalue weighted by Crippen LogP contribution is 2.02. The molecule has 0 spiro atoms. The van der Waals surface area contributed by atoms with Gasteiger partial charge in [-0.05, 0) is 18.9 Å². The van der Waals surface area contributed by atoms with Gasteiger partial charge in [0.05, 0.1) is 19.2 Å². The highest BCUT2D eigenvalue weighted by molar-refractivity contribution is 5.92. The first kappa shape index (κ1) is 22.1. The second kappa shape index (κ2) is 10.9. The van der Waals surface area contributed by atoms with Gasteiger partial charge in [0.15, 0.2) is 0 Å². The number of carbonyl (C=O) groups excluding carboxylic acids is 3. The average Bonchev–Trinajstić information content (AvgIpc) is 2.64. The fourth-order valence-electron chi connectivity index (χ4n) is 2.10. The molecule has 0 aliphatic carbocycles. The SMILES string of the molecule is CC(NC(=O)C(N)Cc1ccccc1)C(=O)NCC(=O)NC(CO)C(=O)O. The van der Waals surface area contributed by atoms with Crippen LogP contribution in [0.25, 0.3) is 0 Å². The Morgan fingerprint density at radius 2 is 1.70 bits per heavy atom. The lowest BCUT2D eigenvalue weighted by Gasteiger charge is -2.18. The van der Waals surface area contributed by atoms with E-state index in [2.05, 4.69) is 10.6 Å². The van der Waals surface area contributed by atoms with E-state index in [0.717, 1.165) is 5.56 Å². The molecule has 7 N–H and O–H groups in total. The second-order valence-corrected chi connectivity index (χ2v) is 5.89. The van der Waals surface area contributed by atoms with Crippen LogP contribution in [0.15, 0.2) is 30.3 Å². The Kier molecular flexibility index (Phi) is 8.90. The second-order valence-electron chi connectivity index (χ2n) is 5.89. The number of hydrogen-bond acceptors (Lipinski definition) is 6. The van der Waals surface area contributed by atoms with Crippen molar-refractivity contribution < 1.29 is 29.4 Å². The molecule has 1 aromatic rings. The summed E-state index contributed by atoms with van der Waals surface area (Å²) < 4.78 is 0. The van der Waals surface area contributed by atoms with Gasteiger partial charge >= 0.3 is 5.97 Å². The van der Waals surface area contributed by atoms with E-state index in [9.17, 15) is 19.2 Å². The maximum Gasteiger partial charge on any atom is 0.328 e. The molecule has 10 nitrogen and oxygen atoms in total. The van der Waals surface area contributed by atoms with E-state index in [-0.39, 0.29) is 0 Å². The van der Waals surface area contributed by atoms with Crippen molar-refractivity contribution >= 4 is 23.7 Å².